The molecule has 1 heterocycles. The Bertz CT molecular complexity index is 434. The number of rotatable bonds is 3. The minimum atomic E-state index is 0.725. The summed E-state index contributed by atoms with van der Waals surface area (Å²) in [5.41, 5.74) is 9.79. The van der Waals surface area contributed by atoms with E-state index in [0.29, 0.717) is 0 Å². The molecule has 0 fully saturated rings. The van der Waals surface area contributed by atoms with Crippen molar-refractivity contribution in [3.05, 3.63) is 41.7 Å². The smallest absolute Gasteiger partial charge is 0.0567 e. The molecule has 2 aromatic rings. The molecule has 0 aliphatic heterocycles. The van der Waals surface area contributed by atoms with E-state index in [1.54, 1.807) is 6.20 Å². The first kappa shape index (κ1) is 9.58. The van der Waals surface area contributed by atoms with Gasteiger partial charge in [0, 0.05) is 17.6 Å². The van der Waals surface area contributed by atoms with Crippen LogP contribution in [-0.4, -0.2) is 10.2 Å². The average Bonchev–Trinajstić information content (AvgIpc) is 2.73. The summed E-state index contributed by atoms with van der Waals surface area (Å²) in [6, 6.07) is 7.89. The second-order valence-corrected chi connectivity index (χ2v) is 3.51. The summed E-state index contributed by atoms with van der Waals surface area (Å²) in [6.45, 7) is 2.72. The van der Waals surface area contributed by atoms with Gasteiger partial charge in [-0.1, -0.05) is 6.07 Å². The second-order valence-electron chi connectivity index (χ2n) is 3.51. The van der Waals surface area contributed by atoms with Crippen LogP contribution < -0.4 is 11.1 Å². The molecule has 15 heavy (non-hydrogen) atoms. The molecule has 0 bridgehead atoms. The second kappa shape index (κ2) is 4.04. The van der Waals surface area contributed by atoms with E-state index in [1.807, 2.05) is 31.2 Å². The summed E-state index contributed by atoms with van der Waals surface area (Å²) in [6.07, 6.45) is 1.74. The maximum atomic E-state index is 5.81. The zero-order valence-electron chi connectivity index (χ0n) is 8.62. The van der Waals surface area contributed by atoms with Gasteiger partial charge in [-0.15, -0.1) is 0 Å². The third-order valence-electron chi connectivity index (χ3n) is 2.32. The van der Waals surface area contributed by atoms with E-state index >= 15 is 0 Å². The van der Waals surface area contributed by atoms with Gasteiger partial charge in [0.05, 0.1) is 12.2 Å². The van der Waals surface area contributed by atoms with E-state index in [1.165, 1.54) is 0 Å². The quantitative estimate of drug-likeness (QED) is 0.666. The Hall–Kier alpha value is -1.97. The van der Waals surface area contributed by atoms with Crippen LogP contribution in [0.3, 0.4) is 0 Å². The molecule has 78 valence electrons. The minimum absolute atomic E-state index is 0.725. The third-order valence-corrected chi connectivity index (χ3v) is 2.32. The van der Waals surface area contributed by atoms with Crippen LogP contribution in [0.5, 0.6) is 0 Å². The highest BCUT2D eigenvalue weighted by Crippen LogP contribution is 2.17. The number of nitrogen functional groups attached to an aromatic ring is 1. The Morgan fingerprint density at radius 2 is 2.27 bits per heavy atom. The van der Waals surface area contributed by atoms with Crippen molar-refractivity contribution in [1.82, 2.24) is 10.2 Å². The lowest BCUT2D eigenvalue weighted by Gasteiger charge is -2.07. The highest BCUT2D eigenvalue weighted by Gasteiger charge is 1.97. The SMILES string of the molecule is Cc1ccc(NCc2ccn[nH]2)cc1N. The number of benzene rings is 1. The van der Waals surface area contributed by atoms with Crippen LogP contribution in [0.4, 0.5) is 11.4 Å². The van der Waals surface area contributed by atoms with Crippen molar-refractivity contribution in [2.45, 2.75) is 13.5 Å². The molecule has 0 aliphatic rings. The number of aryl methyl sites for hydroxylation is 1. The van der Waals surface area contributed by atoms with E-state index < -0.39 is 0 Å². The van der Waals surface area contributed by atoms with Gasteiger partial charge in [0.1, 0.15) is 0 Å². The summed E-state index contributed by atoms with van der Waals surface area (Å²) in [5.74, 6) is 0. The minimum Gasteiger partial charge on any atom is -0.398 e. The normalized spacial score (nSPS) is 10.2. The molecule has 1 aromatic heterocycles. The van der Waals surface area contributed by atoms with E-state index in [2.05, 4.69) is 15.5 Å². The van der Waals surface area contributed by atoms with Crippen molar-refractivity contribution in [2.75, 3.05) is 11.1 Å². The maximum absolute atomic E-state index is 5.81. The molecule has 0 radical (unpaired) electrons. The zero-order valence-corrected chi connectivity index (χ0v) is 8.62. The van der Waals surface area contributed by atoms with Crippen LogP contribution in [-0.2, 0) is 6.54 Å². The highest BCUT2D eigenvalue weighted by atomic mass is 15.1. The van der Waals surface area contributed by atoms with Gasteiger partial charge in [-0.3, -0.25) is 5.10 Å². The van der Waals surface area contributed by atoms with Crippen molar-refractivity contribution >= 4 is 11.4 Å². The largest absolute Gasteiger partial charge is 0.398 e. The first-order valence-corrected chi connectivity index (χ1v) is 4.84. The van der Waals surface area contributed by atoms with Crippen LogP contribution >= 0.6 is 0 Å². The predicted molar refractivity (Wildman–Crippen MR) is 61.5 cm³/mol. The van der Waals surface area contributed by atoms with Gasteiger partial charge in [0.2, 0.25) is 0 Å². The molecule has 2 rings (SSSR count). The predicted octanol–water partition coefficient (Wildman–Crippen LogP) is 1.91. The molecule has 0 unspecified atom stereocenters. The van der Waals surface area contributed by atoms with E-state index in [-0.39, 0.29) is 0 Å². The van der Waals surface area contributed by atoms with Crippen molar-refractivity contribution in [3.8, 4) is 0 Å². The summed E-state index contributed by atoms with van der Waals surface area (Å²) in [7, 11) is 0. The molecule has 0 aliphatic carbocycles. The van der Waals surface area contributed by atoms with Crippen LogP contribution in [0.2, 0.25) is 0 Å². The van der Waals surface area contributed by atoms with Gasteiger partial charge < -0.3 is 11.1 Å². The number of aromatic amines is 1. The average molecular weight is 202 g/mol. The fourth-order valence-corrected chi connectivity index (χ4v) is 1.33. The first-order valence-electron chi connectivity index (χ1n) is 4.84. The van der Waals surface area contributed by atoms with Gasteiger partial charge in [-0.2, -0.15) is 5.10 Å². The number of hydrogen-bond donors (Lipinski definition) is 3. The Morgan fingerprint density at radius 1 is 1.40 bits per heavy atom. The number of nitrogens with zero attached hydrogens (tertiary/aromatic N) is 1. The number of anilines is 2. The molecule has 0 saturated heterocycles. The number of nitrogens with two attached hydrogens (primary N) is 1. The van der Waals surface area contributed by atoms with Crippen molar-refractivity contribution in [2.24, 2.45) is 0 Å². The van der Waals surface area contributed by atoms with Crippen LogP contribution in [0.1, 0.15) is 11.3 Å². The number of nitrogens with one attached hydrogen (secondary N) is 2. The van der Waals surface area contributed by atoms with Crippen molar-refractivity contribution < 1.29 is 0 Å². The van der Waals surface area contributed by atoms with Crippen LogP contribution in [0.25, 0.3) is 0 Å². The van der Waals surface area contributed by atoms with E-state index in [0.717, 1.165) is 29.2 Å². The molecule has 4 nitrogen and oxygen atoms in total. The lowest BCUT2D eigenvalue weighted by atomic mass is 10.2. The molecule has 4 heteroatoms. The molecule has 1 aromatic carbocycles. The fraction of sp³-hybridized carbons (Fsp3) is 0.182. The molecule has 4 N–H and O–H groups in total. The number of aromatic nitrogens is 2. The first-order chi connectivity index (χ1) is 7.25. The Balaban J connectivity index is 2.02. The Kier molecular flexibility index (Phi) is 2.58. The van der Waals surface area contributed by atoms with Crippen molar-refractivity contribution in [3.63, 3.8) is 0 Å². The number of hydrogen-bond acceptors (Lipinski definition) is 3. The molecule has 0 amide bonds. The zero-order chi connectivity index (χ0) is 10.7. The summed E-state index contributed by atoms with van der Waals surface area (Å²) >= 11 is 0. The maximum Gasteiger partial charge on any atom is 0.0567 e. The number of H-pyrrole nitrogens is 1. The highest BCUT2D eigenvalue weighted by molar-refractivity contribution is 5.58. The fourth-order valence-electron chi connectivity index (χ4n) is 1.33. The van der Waals surface area contributed by atoms with Crippen molar-refractivity contribution in [1.29, 1.82) is 0 Å². The summed E-state index contributed by atoms with van der Waals surface area (Å²) < 4.78 is 0. The lowest BCUT2D eigenvalue weighted by Crippen LogP contribution is -2.00. The van der Waals surface area contributed by atoms with Gasteiger partial charge >= 0.3 is 0 Å². The summed E-state index contributed by atoms with van der Waals surface area (Å²) in [5, 5.41) is 10.0. The van der Waals surface area contributed by atoms with Gasteiger partial charge in [-0.25, -0.2) is 0 Å². The van der Waals surface area contributed by atoms with Gasteiger partial charge in [-0.05, 0) is 30.7 Å². The molecular weight excluding hydrogens is 188 g/mol. The van der Waals surface area contributed by atoms with E-state index in [4.69, 9.17) is 5.73 Å². The molecule has 0 spiro atoms. The van der Waals surface area contributed by atoms with Crippen LogP contribution in [0.15, 0.2) is 30.5 Å². The Labute approximate surface area is 88.5 Å². The third kappa shape index (κ3) is 2.28. The van der Waals surface area contributed by atoms with E-state index in [9.17, 15) is 0 Å². The summed E-state index contributed by atoms with van der Waals surface area (Å²) in [4.78, 5) is 0. The molecular formula is C11H14N4. The topological polar surface area (TPSA) is 66.7 Å². The standard InChI is InChI=1S/C11H14N4/c1-8-2-3-9(6-11(8)12)13-7-10-4-5-14-15-10/h2-6,13H,7,12H2,1H3,(H,14,15). The monoisotopic (exact) mass is 202 g/mol. The molecule has 0 saturated carbocycles. The molecule has 0 atom stereocenters. The Morgan fingerprint density at radius 3 is 2.93 bits per heavy atom. The lowest BCUT2D eigenvalue weighted by molar-refractivity contribution is 0.981. The van der Waals surface area contributed by atoms with Gasteiger partial charge in [0.15, 0.2) is 0 Å². The van der Waals surface area contributed by atoms with Crippen LogP contribution in [0, 0.1) is 6.92 Å². The van der Waals surface area contributed by atoms with Gasteiger partial charge in [0.25, 0.3) is 0 Å².